The van der Waals surface area contributed by atoms with Crippen LogP contribution < -0.4 is 5.32 Å². The van der Waals surface area contributed by atoms with Crippen molar-refractivity contribution >= 4 is 11.8 Å². The van der Waals surface area contributed by atoms with Gasteiger partial charge in [-0.15, -0.1) is 0 Å². The molecule has 1 aromatic heterocycles. The van der Waals surface area contributed by atoms with E-state index in [1.807, 2.05) is 33.8 Å². The lowest BCUT2D eigenvalue weighted by Gasteiger charge is -2.22. The monoisotopic (exact) mass is 289 g/mol. The number of hydrogen-bond donors (Lipinski definition) is 1. The number of amides is 2. The molecule has 1 aliphatic heterocycles. The van der Waals surface area contributed by atoms with Gasteiger partial charge in [-0.1, -0.05) is 20.8 Å². The molecule has 0 saturated carbocycles. The maximum Gasteiger partial charge on any atom is 0.255 e. The smallest absolute Gasteiger partial charge is 0.255 e. The van der Waals surface area contributed by atoms with Gasteiger partial charge in [-0.25, -0.2) is 0 Å². The minimum atomic E-state index is -0.404. The Bertz CT molecular complexity index is 531. The summed E-state index contributed by atoms with van der Waals surface area (Å²) in [5.41, 5.74) is 1.09. The fourth-order valence-electron chi connectivity index (χ4n) is 2.24. The molecule has 5 nitrogen and oxygen atoms in total. The third-order valence-corrected chi connectivity index (χ3v) is 3.65. The van der Waals surface area contributed by atoms with Crippen molar-refractivity contribution in [2.75, 3.05) is 13.1 Å². The van der Waals surface area contributed by atoms with Crippen molar-refractivity contribution in [1.82, 2.24) is 15.2 Å². The van der Waals surface area contributed by atoms with Crippen LogP contribution in [0.15, 0.2) is 18.3 Å². The SMILES string of the molecule is Cc1ccc(C(=O)N2CC[C@@H](NC(=O)C(C)(C)C)C2)cn1. The summed E-state index contributed by atoms with van der Waals surface area (Å²) in [6.07, 6.45) is 2.41. The zero-order valence-electron chi connectivity index (χ0n) is 13.1. The number of hydrogen-bond acceptors (Lipinski definition) is 3. The number of nitrogens with zero attached hydrogens (tertiary/aromatic N) is 2. The van der Waals surface area contributed by atoms with E-state index in [1.165, 1.54) is 0 Å². The van der Waals surface area contributed by atoms with Crippen molar-refractivity contribution in [3.63, 3.8) is 0 Å². The summed E-state index contributed by atoms with van der Waals surface area (Å²) in [6, 6.07) is 3.67. The van der Waals surface area contributed by atoms with Crippen LogP contribution in [-0.4, -0.2) is 40.8 Å². The predicted molar refractivity (Wildman–Crippen MR) is 80.9 cm³/mol. The number of aromatic nitrogens is 1. The van der Waals surface area contributed by atoms with E-state index in [9.17, 15) is 9.59 Å². The predicted octanol–water partition coefficient (Wildman–Crippen LogP) is 1.77. The fourth-order valence-corrected chi connectivity index (χ4v) is 2.24. The first-order valence-corrected chi connectivity index (χ1v) is 7.30. The molecule has 0 bridgehead atoms. The number of aryl methyl sites for hydroxylation is 1. The summed E-state index contributed by atoms with van der Waals surface area (Å²) in [4.78, 5) is 30.3. The molecule has 1 aliphatic rings. The Balaban J connectivity index is 1.94. The Morgan fingerprint density at radius 3 is 2.62 bits per heavy atom. The Morgan fingerprint density at radius 2 is 2.05 bits per heavy atom. The van der Waals surface area contributed by atoms with Gasteiger partial charge in [0.15, 0.2) is 0 Å². The van der Waals surface area contributed by atoms with Crippen LogP contribution in [0.25, 0.3) is 0 Å². The second-order valence-corrected chi connectivity index (χ2v) is 6.65. The molecule has 1 N–H and O–H groups in total. The average Bonchev–Trinajstić information content (AvgIpc) is 2.86. The summed E-state index contributed by atoms with van der Waals surface area (Å²) in [6.45, 7) is 8.78. The van der Waals surface area contributed by atoms with Gasteiger partial charge in [0.25, 0.3) is 5.91 Å². The van der Waals surface area contributed by atoms with E-state index in [0.29, 0.717) is 18.7 Å². The van der Waals surface area contributed by atoms with Crippen LogP contribution in [0.4, 0.5) is 0 Å². The molecule has 5 heteroatoms. The minimum Gasteiger partial charge on any atom is -0.351 e. The highest BCUT2D eigenvalue weighted by Gasteiger charge is 2.30. The molecular formula is C16H23N3O2. The van der Waals surface area contributed by atoms with Crippen molar-refractivity contribution in [3.8, 4) is 0 Å². The number of nitrogens with one attached hydrogen (secondary N) is 1. The van der Waals surface area contributed by atoms with Gasteiger partial charge in [0, 0.05) is 36.4 Å². The van der Waals surface area contributed by atoms with E-state index in [4.69, 9.17) is 0 Å². The number of carbonyl (C=O) groups is 2. The van der Waals surface area contributed by atoms with Gasteiger partial charge in [-0.3, -0.25) is 14.6 Å². The maximum atomic E-state index is 12.4. The number of carbonyl (C=O) groups excluding carboxylic acids is 2. The molecule has 0 aromatic carbocycles. The van der Waals surface area contributed by atoms with Crippen LogP contribution in [0, 0.1) is 12.3 Å². The Labute approximate surface area is 125 Å². The first-order valence-electron chi connectivity index (χ1n) is 7.30. The molecule has 114 valence electrons. The lowest BCUT2D eigenvalue weighted by molar-refractivity contribution is -0.129. The average molecular weight is 289 g/mol. The van der Waals surface area contributed by atoms with Crippen LogP contribution in [0.3, 0.4) is 0 Å². The van der Waals surface area contributed by atoms with E-state index < -0.39 is 5.41 Å². The molecule has 2 rings (SSSR count). The van der Waals surface area contributed by atoms with Gasteiger partial charge in [0.2, 0.25) is 5.91 Å². The molecular weight excluding hydrogens is 266 g/mol. The van der Waals surface area contributed by atoms with Crippen molar-refractivity contribution in [1.29, 1.82) is 0 Å². The van der Waals surface area contributed by atoms with Crippen molar-refractivity contribution in [2.24, 2.45) is 5.41 Å². The topological polar surface area (TPSA) is 62.3 Å². The highest BCUT2D eigenvalue weighted by atomic mass is 16.2. The summed E-state index contributed by atoms with van der Waals surface area (Å²) in [7, 11) is 0. The van der Waals surface area contributed by atoms with Crippen LogP contribution in [0.2, 0.25) is 0 Å². The molecule has 0 spiro atoms. The van der Waals surface area contributed by atoms with Crippen LogP contribution in [0.1, 0.15) is 43.2 Å². The summed E-state index contributed by atoms with van der Waals surface area (Å²) >= 11 is 0. The second-order valence-electron chi connectivity index (χ2n) is 6.65. The third kappa shape index (κ3) is 3.80. The van der Waals surface area contributed by atoms with E-state index in [-0.39, 0.29) is 17.9 Å². The zero-order chi connectivity index (χ0) is 15.6. The van der Waals surface area contributed by atoms with Crippen molar-refractivity contribution in [3.05, 3.63) is 29.6 Å². The summed E-state index contributed by atoms with van der Waals surface area (Å²) < 4.78 is 0. The van der Waals surface area contributed by atoms with Gasteiger partial charge in [0.1, 0.15) is 0 Å². The second kappa shape index (κ2) is 5.84. The molecule has 1 fully saturated rings. The lowest BCUT2D eigenvalue weighted by Crippen LogP contribution is -2.43. The normalized spacial score (nSPS) is 18.7. The van der Waals surface area contributed by atoms with Crippen LogP contribution >= 0.6 is 0 Å². The summed E-state index contributed by atoms with van der Waals surface area (Å²) in [5.74, 6) is 0.00816. The van der Waals surface area contributed by atoms with Gasteiger partial charge in [-0.05, 0) is 25.5 Å². The first kappa shape index (κ1) is 15.5. The number of pyridine rings is 1. The highest BCUT2D eigenvalue weighted by Crippen LogP contribution is 2.17. The van der Waals surface area contributed by atoms with E-state index in [0.717, 1.165) is 12.1 Å². The zero-order valence-corrected chi connectivity index (χ0v) is 13.1. The molecule has 2 heterocycles. The first-order chi connectivity index (χ1) is 9.77. The van der Waals surface area contributed by atoms with Gasteiger partial charge < -0.3 is 10.2 Å². The maximum absolute atomic E-state index is 12.4. The summed E-state index contributed by atoms with van der Waals surface area (Å²) in [5, 5.41) is 3.02. The minimum absolute atomic E-state index is 0.0185. The van der Waals surface area contributed by atoms with Crippen LogP contribution in [0.5, 0.6) is 0 Å². The quantitative estimate of drug-likeness (QED) is 0.902. The Kier molecular flexibility index (Phi) is 4.30. The highest BCUT2D eigenvalue weighted by molar-refractivity contribution is 5.94. The molecule has 1 aromatic rings. The molecule has 0 unspecified atom stereocenters. The molecule has 0 aliphatic carbocycles. The molecule has 1 saturated heterocycles. The van der Waals surface area contributed by atoms with Gasteiger partial charge in [0.05, 0.1) is 5.56 Å². The van der Waals surface area contributed by atoms with Crippen LogP contribution in [-0.2, 0) is 4.79 Å². The lowest BCUT2D eigenvalue weighted by atomic mass is 9.95. The standard InChI is InChI=1S/C16H23N3O2/c1-11-5-6-12(9-17-11)14(20)19-8-7-13(10-19)18-15(21)16(2,3)4/h5-6,9,13H,7-8,10H2,1-4H3,(H,18,21)/t13-/m1/s1. The molecule has 21 heavy (non-hydrogen) atoms. The number of rotatable bonds is 2. The van der Waals surface area contributed by atoms with Crippen molar-refractivity contribution in [2.45, 2.75) is 40.2 Å². The van der Waals surface area contributed by atoms with Crippen molar-refractivity contribution < 1.29 is 9.59 Å². The molecule has 1 atom stereocenters. The fraction of sp³-hybridized carbons (Fsp3) is 0.562. The molecule has 0 radical (unpaired) electrons. The Hall–Kier alpha value is -1.91. The Morgan fingerprint density at radius 1 is 1.33 bits per heavy atom. The third-order valence-electron chi connectivity index (χ3n) is 3.65. The molecule has 2 amide bonds. The van der Waals surface area contributed by atoms with Gasteiger partial charge in [-0.2, -0.15) is 0 Å². The largest absolute Gasteiger partial charge is 0.351 e. The van der Waals surface area contributed by atoms with E-state index in [1.54, 1.807) is 17.2 Å². The number of likely N-dealkylation sites (tertiary alicyclic amines) is 1. The van der Waals surface area contributed by atoms with Gasteiger partial charge >= 0.3 is 0 Å². The van der Waals surface area contributed by atoms with E-state index in [2.05, 4.69) is 10.3 Å². The van der Waals surface area contributed by atoms with E-state index >= 15 is 0 Å².